The highest BCUT2D eigenvalue weighted by Gasteiger charge is 2.23. The Morgan fingerprint density at radius 2 is 1.93 bits per heavy atom. The van der Waals surface area contributed by atoms with Crippen LogP contribution in [0.15, 0.2) is 35.6 Å². The van der Waals surface area contributed by atoms with Gasteiger partial charge in [0.15, 0.2) is 5.82 Å². The molecule has 150 valence electrons. The summed E-state index contributed by atoms with van der Waals surface area (Å²) in [6.45, 7) is 4.03. The number of hydrogen-bond donors (Lipinski definition) is 0. The van der Waals surface area contributed by atoms with E-state index in [0.717, 1.165) is 48.6 Å². The van der Waals surface area contributed by atoms with Gasteiger partial charge in [-0.1, -0.05) is 12.1 Å². The Morgan fingerprint density at radius 3 is 2.76 bits per heavy atom. The van der Waals surface area contributed by atoms with Crippen molar-refractivity contribution in [1.29, 1.82) is 0 Å². The van der Waals surface area contributed by atoms with Crippen LogP contribution in [-0.4, -0.2) is 33.7 Å². The first-order chi connectivity index (χ1) is 14.2. The molecule has 0 spiro atoms. The molecule has 3 heterocycles. The van der Waals surface area contributed by atoms with Gasteiger partial charge in [-0.15, -0.1) is 11.3 Å². The molecule has 1 saturated heterocycles. The molecule has 3 aromatic rings. The van der Waals surface area contributed by atoms with Gasteiger partial charge in [0, 0.05) is 29.7 Å². The Bertz CT molecular complexity index is 1060. The van der Waals surface area contributed by atoms with Gasteiger partial charge in [-0.3, -0.25) is 4.90 Å². The summed E-state index contributed by atoms with van der Waals surface area (Å²) in [6.07, 6.45) is 8.33. The molecule has 0 radical (unpaired) electrons. The fraction of sp³-hybridized carbons (Fsp3) is 0.435. The molecule has 1 aliphatic heterocycles. The molecule has 1 atom stereocenters. The summed E-state index contributed by atoms with van der Waals surface area (Å²) in [5.74, 6) is 0.691. The monoisotopic (exact) mass is 408 g/mol. The minimum absolute atomic E-state index is 0.166. The highest BCUT2D eigenvalue weighted by atomic mass is 32.1. The van der Waals surface area contributed by atoms with Gasteiger partial charge >= 0.3 is 0 Å². The number of aliphatic imine (C=N–C) groups is 1. The van der Waals surface area contributed by atoms with Crippen molar-refractivity contribution in [2.24, 2.45) is 4.99 Å². The Balaban J connectivity index is 1.35. The maximum atomic E-state index is 13.6. The van der Waals surface area contributed by atoms with Crippen molar-refractivity contribution in [2.45, 2.75) is 51.5 Å². The zero-order chi connectivity index (χ0) is 19.8. The van der Waals surface area contributed by atoms with Crippen molar-refractivity contribution in [3.8, 4) is 0 Å². The number of aromatic nitrogens is 2. The van der Waals surface area contributed by atoms with Crippen LogP contribution < -0.4 is 0 Å². The third-order valence-electron chi connectivity index (χ3n) is 6.25. The minimum Gasteiger partial charge on any atom is -0.296 e. The number of piperidine rings is 1. The Labute approximate surface area is 174 Å². The van der Waals surface area contributed by atoms with E-state index in [-0.39, 0.29) is 11.9 Å². The SMILES string of the molecule is CC(c1cccc(F)c1)N1CCC(=Nc2ncnc3sc4c(c23)CCCC4)CC1. The molecule has 2 aromatic heterocycles. The lowest BCUT2D eigenvalue weighted by atomic mass is 9.97. The lowest BCUT2D eigenvalue weighted by Crippen LogP contribution is -2.35. The van der Waals surface area contributed by atoms with Crippen LogP contribution in [0.1, 0.15) is 54.7 Å². The number of halogens is 1. The standard InChI is InChI=1S/C23H25FN4S/c1-15(16-5-4-6-17(24)13-16)28-11-9-18(10-12-28)27-22-21-19-7-2-3-8-20(19)29-23(21)26-14-25-22/h4-6,13-15H,2-3,7-12H2,1H3. The van der Waals surface area contributed by atoms with Crippen molar-refractivity contribution in [3.63, 3.8) is 0 Å². The molecule has 4 nitrogen and oxygen atoms in total. The summed E-state index contributed by atoms with van der Waals surface area (Å²) < 4.78 is 13.6. The van der Waals surface area contributed by atoms with E-state index >= 15 is 0 Å². The molecule has 5 rings (SSSR count). The average molecular weight is 409 g/mol. The van der Waals surface area contributed by atoms with Crippen LogP contribution in [0.4, 0.5) is 10.2 Å². The molecular formula is C23H25FN4S. The smallest absolute Gasteiger partial charge is 0.164 e. The van der Waals surface area contributed by atoms with Crippen LogP contribution in [0, 0.1) is 5.82 Å². The summed E-state index contributed by atoms with van der Waals surface area (Å²) in [7, 11) is 0. The summed E-state index contributed by atoms with van der Waals surface area (Å²) in [4.78, 5) is 19.0. The highest BCUT2D eigenvalue weighted by molar-refractivity contribution is 7.19. The third kappa shape index (κ3) is 3.71. The molecule has 2 aliphatic rings. The first kappa shape index (κ1) is 18.8. The molecular weight excluding hydrogens is 383 g/mol. The van der Waals surface area contributed by atoms with Crippen molar-refractivity contribution in [3.05, 3.63) is 52.4 Å². The Kier molecular flexibility index (Phi) is 5.14. The number of benzene rings is 1. The number of hydrogen-bond acceptors (Lipinski definition) is 5. The second-order valence-corrected chi connectivity index (χ2v) is 9.12. The van der Waals surface area contributed by atoms with Crippen molar-refractivity contribution >= 4 is 33.1 Å². The lowest BCUT2D eigenvalue weighted by molar-refractivity contribution is 0.210. The van der Waals surface area contributed by atoms with E-state index in [4.69, 9.17) is 4.99 Å². The van der Waals surface area contributed by atoms with Crippen LogP contribution in [0.3, 0.4) is 0 Å². The lowest BCUT2D eigenvalue weighted by Gasteiger charge is -2.33. The van der Waals surface area contributed by atoms with Gasteiger partial charge in [0.2, 0.25) is 0 Å². The van der Waals surface area contributed by atoms with Crippen molar-refractivity contribution in [1.82, 2.24) is 14.9 Å². The van der Waals surface area contributed by atoms with Gasteiger partial charge in [0.1, 0.15) is 17.0 Å². The molecule has 0 amide bonds. The summed E-state index contributed by atoms with van der Waals surface area (Å²) in [5.41, 5.74) is 3.68. The van der Waals surface area contributed by atoms with Gasteiger partial charge in [0.25, 0.3) is 0 Å². The van der Waals surface area contributed by atoms with E-state index in [1.807, 2.05) is 17.4 Å². The van der Waals surface area contributed by atoms with Crippen LogP contribution in [0.25, 0.3) is 10.2 Å². The molecule has 29 heavy (non-hydrogen) atoms. The van der Waals surface area contributed by atoms with E-state index in [1.54, 1.807) is 18.5 Å². The highest BCUT2D eigenvalue weighted by Crippen LogP contribution is 2.39. The van der Waals surface area contributed by atoms with Crippen LogP contribution in [0.2, 0.25) is 0 Å². The Hall–Kier alpha value is -2.18. The fourth-order valence-corrected chi connectivity index (χ4v) is 5.79. The number of fused-ring (bicyclic) bond motifs is 3. The largest absolute Gasteiger partial charge is 0.296 e. The number of likely N-dealkylation sites (tertiary alicyclic amines) is 1. The normalized spacial score (nSPS) is 18.6. The fourth-order valence-electron chi connectivity index (χ4n) is 4.57. The topological polar surface area (TPSA) is 41.4 Å². The molecule has 1 unspecified atom stereocenters. The predicted molar refractivity (Wildman–Crippen MR) is 117 cm³/mol. The van der Waals surface area contributed by atoms with Gasteiger partial charge in [-0.2, -0.15) is 0 Å². The van der Waals surface area contributed by atoms with Crippen LogP contribution in [0.5, 0.6) is 0 Å². The van der Waals surface area contributed by atoms with Gasteiger partial charge in [-0.25, -0.2) is 19.4 Å². The van der Waals surface area contributed by atoms with Crippen molar-refractivity contribution in [2.75, 3.05) is 13.1 Å². The number of thiophene rings is 1. The van der Waals surface area contributed by atoms with Gasteiger partial charge < -0.3 is 0 Å². The van der Waals surface area contributed by atoms with Gasteiger partial charge in [0.05, 0.1) is 5.39 Å². The quantitative estimate of drug-likeness (QED) is 0.563. The van der Waals surface area contributed by atoms with E-state index in [9.17, 15) is 4.39 Å². The second kappa shape index (κ2) is 7.92. The van der Waals surface area contributed by atoms with E-state index in [1.165, 1.54) is 46.9 Å². The first-order valence-electron chi connectivity index (χ1n) is 10.5. The summed E-state index contributed by atoms with van der Waals surface area (Å²) in [6, 6.07) is 7.16. The third-order valence-corrected chi connectivity index (χ3v) is 7.45. The predicted octanol–water partition coefficient (Wildman–Crippen LogP) is 5.64. The summed E-state index contributed by atoms with van der Waals surface area (Å²) in [5, 5.41) is 1.19. The number of nitrogens with zero attached hydrogens (tertiary/aromatic N) is 4. The second-order valence-electron chi connectivity index (χ2n) is 8.03. The molecule has 0 N–H and O–H groups in total. The first-order valence-corrected chi connectivity index (χ1v) is 11.3. The maximum absolute atomic E-state index is 13.6. The molecule has 0 bridgehead atoms. The molecule has 1 aromatic carbocycles. The molecule has 1 aliphatic carbocycles. The molecule has 6 heteroatoms. The zero-order valence-corrected chi connectivity index (χ0v) is 17.5. The van der Waals surface area contributed by atoms with E-state index in [2.05, 4.69) is 21.8 Å². The molecule has 0 saturated carbocycles. The molecule has 1 fully saturated rings. The average Bonchev–Trinajstić information content (AvgIpc) is 3.13. The van der Waals surface area contributed by atoms with E-state index in [0.29, 0.717) is 0 Å². The minimum atomic E-state index is -0.166. The van der Waals surface area contributed by atoms with Gasteiger partial charge in [-0.05, 0) is 68.7 Å². The number of rotatable bonds is 3. The summed E-state index contributed by atoms with van der Waals surface area (Å²) >= 11 is 1.82. The van der Waals surface area contributed by atoms with Crippen molar-refractivity contribution < 1.29 is 4.39 Å². The van der Waals surface area contributed by atoms with Crippen LogP contribution in [-0.2, 0) is 12.8 Å². The number of aryl methyl sites for hydroxylation is 2. The van der Waals surface area contributed by atoms with E-state index < -0.39 is 0 Å². The maximum Gasteiger partial charge on any atom is 0.164 e. The zero-order valence-electron chi connectivity index (χ0n) is 16.7. The van der Waals surface area contributed by atoms with Crippen LogP contribution >= 0.6 is 11.3 Å². The Morgan fingerprint density at radius 1 is 1.10 bits per heavy atom.